The summed E-state index contributed by atoms with van der Waals surface area (Å²) in [7, 11) is 4.95. The van der Waals surface area contributed by atoms with Crippen molar-refractivity contribution in [2.45, 2.75) is 12.7 Å². The predicted molar refractivity (Wildman–Crippen MR) is 68.6 cm³/mol. The number of hydrogen-bond donors (Lipinski definition) is 1. The monoisotopic (exact) mass is 252 g/mol. The number of nitrogens with one attached hydrogen (secondary N) is 1. The Balaban J connectivity index is 2.14. The van der Waals surface area contributed by atoms with Gasteiger partial charge in [0.1, 0.15) is 5.82 Å². The highest BCUT2D eigenvalue weighted by Crippen LogP contribution is 2.26. The van der Waals surface area contributed by atoms with E-state index >= 15 is 0 Å². The normalized spacial score (nSPS) is 18.6. The van der Waals surface area contributed by atoms with E-state index in [0.29, 0.717) is 5.92 Å². The zero-order valence-electron chi connectivity index (χ0n) is 11.1. The lowest BCUT2D eigenvalue weighted by Crippen LogP contribution is -2.27. The highest BCUT2D eigenvalue weighted by Gasteiger charge is 2.21. The van der Waals surface area contributed by atoms with Crippen LogP contribution in [-0.4, -0.2) is 39.5 Å². The number of aromatic nitrogens is 1. The van der Waals surface area contributed by atoms with Gasteiger partial charge in [0.15, 0.2) is 0 Å². The van der Waals surface area contributed by atoms with Crippen molar-refractivity contribution in [2.24, 2.45) is 5.92 Å². The summed E-state index contributed by atoms with van der Waals surface area (Å²) in [6.07, 6.45) is 0.586. The van der Waals surface area contributed by atoms with Gasteiger partial charge in [-0.25, -0.2) is 4.98 Å². The Kier molecular flexibility index (Phi) is 4.52. The van der Waals surface area contributed by atoms with Crippen LogP contribution in [0.1, 0.15) is 17.5 Å². The molecule has 1 aliphatic heterocycles. The minimum Gasteiger partial charge on any atom is -0.384 e. The molecule has 0 bridgehead atoms. The molecule has 0 radical (unpaired) electrons. The van der Waals surface area contributed by atoms with Crippen LogP contribution in [0, 0.1) is 5.92 Å². The number of methoxy groups -OCH3 is 3. The quantitative estimate of drug-likeness (QED) is 0.807. The Bertz CT molecular complexity index is 394. The molecule has 1 aromatic heterocycles. The minimum atomic E-state index is -0.409. The van der Waals surface area contributed by atoms with Crippen molar-refractivity contribution in [1.29, 1.82) is 0 Å². The predicted octanol–water partition coefficient (Wildman–Crippen LogP) is 1.60. The van der Waals surface area contributed by atoms with E-state index in [1.807, 2.05) is 6.07 Å². The molecular weight excluding hydrogens is 232 g/mol. The fourth-order valence-electron chi connectivity index (χ4n) is 2.27. The molecule has 0 aliphatic carbocycles. The zero-order chi connectivity index (χ0) is 13.0. The molecule has 0 saturated carbocycles. The first kappa shape index (κ1) is 13.3. The maximum absolute atomic E-state index is 5.20. The number of nitrogens with zero attached hydrogens (tertiary/aromatic N) is 1. The molecule has 100 valence electrons. The van der Waals surface area contributed by atoms with E-state index in [4.69, 9.17) is 14.2 Å². The van der Waals surface area contributed by atoms with Crippen LogP contribution in [0.25, 0.3) is 0 Å². The molecule has 1 aromatic rings. The van der Waals surface area contributed by atoms with Crippen LogP contribution >= 0.6 is 0 Å². The van der Waals surface area contributed by atoms with E-state index in [1.165, 1.54) is 5.56 Å². The molecule has 18 heavy (non-hydrogen) atoms. The number of ether oxygens (including phenoxy) is 3. The Morgan fingerprint density at radius 2 is 2.11 bits per heavy atom. The summed E-state index contributed by atoms with van der Waals surface area (Å²) in [4.78, 5) is 4.55. The summed E-state index contributed by atoms with van der Waals surface area (Å²) in [5, 5.41) is 3.34. The maximum atomic E-state index is 5.20. The summed E-state index contributed by atoms with van der Waals surface area (Å²) in [5.41, 5.74) is 2.01. The summed E-state index contributed by atoms with van der Waals surface area (Å²) < 4.78 is 15.6. The SMILES string of the molecule is COC[C@@H]1CNc2nc(C(OC)OC)ccc2C1. The average Bonchev–Trinajstić information content (AvgIpc) is 2.40. The number of rotatable bonds is 5. The zero-order valence-corrected chi connectivity index (χ0v) is 11.1. The molecule has 2 rings (SSSR count). The molecule has 2 heterocycles. The molecule has 0 fully saturated rings. The molecule has 1 aliphatic rings. The van der Waals surface area contributed by atoms with E-state index in [1.54, 1.807) is 21.3 Å². The van der Waals surface area contributed by atoms with Gasteiger partial charge in [0, 0.05) is 33.8 Å². The largest absolute Gasteiger partial charge is 0.384 e. The molecule has 0 amide bonds. The number of anilines is 1. The third-order valence-corrected chi connectivity index (χ3v) is 3.14. The minimum absolute atomic E-state index is 0.409. The third kappa shape index (κ3) is 2.80. The first-order valence-electron chi connectivity index (χ1n) is 6.06. The van der Waals surface area contributed by atoms with Gasteiger partial charge >= 0.3 is 0 Å². The number of hydrogen-bond acceptors (Lipinski definition) is 5. The van der Waals surface area contributed by atoms with E-state index in [2.05, 4.69) is 16.4 Å². The Morgan fingerprint density at radius 3 is 2.78 bits per heavy atom. The van der Waals surface area contributed by atoms with Crippen molar-refractivity contribution in [3.63, 3.8) is 0 Å². The first-order valence-corrected chi connectivity index (χ1v) is 6.06. The highest BCUT2D eigenvalue weighted by atomic mass is 16.7. The Hall–Kier alpha value is -1.17. The topological polar surface area (TPSA) is 52.6 Å². The molecule has 1 atom stereocenters. The lowest BCUT2D eigenvalue weighted by molar-refractivity contribution is -0.108. The molecule has 1 N–H and O–H groups in total. The van der Waals surface area contributed by atoms with Crippen LogP contribution in [0.2, 0.25) is 0 Å². The van der Waals surface area contributed by atoms with Gasteiger partial charge in [0.2, 0.25) is 6.29 Å². The van der Waals surface area contributed by atoms with Crippen LogP contribution < -0.4 is 5.32 Å². The third-order valence-electron chi connectivity index (χ3n) is 3.14. The Morgan fingerprint density at radius 1 is 1.33 bits per heavy atom. The maximum Gasteiger partial charge on any atom is 0.200 e. The van der Waals surface area contributed by atoms with Crippen molar-refractivity contribution < 1.29 is 14.2 Å². The molecule has 5 heteroatoms. The average molecular weight is 252 g/mol. The summed E-state index contributed by atoms with van der Waals surface area (Å²) >= 11 is 0. The van der Waals surface area contributed by atoms with Gasteiger partial charge in [-0.15, -0.1) is 0 Å². The summed E-state index contributed by atoms with van der Waals surface area (Å²) in [6, 6.07) is 4.03. The first-order chi connectivity index (χ1) is 8.78. The molecule has 0 spiro atoms. The van der Waals surface area contributed by atoms with Crippen LogP contribution in [0.4, 0.5) is 5.82 Å². The van der Waals surface area contributed by atoms with E-state index in [9.17, 15) is 0 Å². The number of fused-ring (bicyclic) bond motifs is 1. The van der Waals surface area contributed by atoms with Gasteiger partial charge in [0.05, 0.1) is 12.3 Å². The second-order valence-electron chi connectivity index (χ2n) is 4.45. The van der Waals surface area contributed by atoms with E-state index < -0.39 is 6.29 Å². The fourth-order valence-corrected chi connectivity index (χ4v) is 2.27. The summed E-state index contributed by atoms with van der Waals surface area (Å²) in [6.45, 7) is 1.66. The second-order valence-corrected chi connectivity index (χ2v) is 4.45. The van der Waals surface area contributed by atoms with Gasteiger partial charge in [0.25, 0.3) is 0 Å². The lowest BCUT2D eigenvalue weighted by Gasteiger charge is -2.25. The van der Waals surface area contributed by atoms with Gasteiger partial charge in [-0.05, 0) is 18.1 Å². The van der Waals surface area contributed by atoms with Crippen molar-refractivity contribution in [2.75, 3.05) is 39.8 Å². The van der Waals surface area contributed by atoms with Gasteiger partial charge in [-0.2, -0.15) is 0 Å². The molecule has 0 saturated heterocycles. The molecular formula is C13H20N2O3. The van der Waals surface area contributed by atoms with Gasteiger partial charge in [-0.3, -0.25) is 0 Å². The van der Waals surface area contributed by atoms with Crippen LogP contribution in [0.15, 0.2) is 12.1 Å². The van der Waals surface area contributed by atoms with Crippen LogP contribution in [0.5, 0.6) is 0 Å². The fraction of sp³-hybridized carbons (Fsp3) is 0.615. The molecule has 0 unspecified atom stereocenters. The van der Waals surface area contributed by atoms with Crippen LogP contribution in [0.3, 0.4) is 0 Å². The standard InChI is InChI=1S/C13H20N2O3/c1-16-8-9-6-10-4-5-11(13(17-2)18-3)15-12(10)14-7-9/h4-5,9,13H,6-8H2,1-3H3,(H,14,15)/t9-/m0/s1. The van der Waals surface area contributed by atoms with Crippen molar-refractivity contribution in [3.05, 3.63) is 23.4 Å². The smallest absolute Gasteiger partial charge is 0.200 e. The van der Waals surface area contributed by atoms with Gasteiger partial charge < -0.3 is 19.5 Å². The van der Waals surface area contributed by atoms with Crippen molar-refractivity contribution in [3.8, 4) is 0 Å². The number of pyridine rings is 1. The van der Waals surface area contributed by atoms with E-state index in [-0.39, 0.29) is 0 Å². The van der Waals surface area contributed by atoms with Crippen molar-refractivity contribution in [1.82, 2.24) is 4.98 Å². The molecule has 5 nitrogen and oxygen atoms in total. The lowest BCUT2D eigenvalue weighted by atomic mass is 9.96. The highest BCUT2D eigenvalue weighted by molar-refractivity contribution is 5.47. The second kappa shape index (κ2) is 6.13. The van der Waals surface area contributed by atoms with Gasteiger partial charge in [-0.1, -0.05) is 6.07 Å². The van der Waals surface area contributed by atoms with Crippen LogP contribution in [-0.2, 0) is 20.6 Å². The Labute approximate surface area is 107 Å². The van der Waals surface area contributed by atoms with Crippen molar-refractivity contribution >= 4 is 5.82 Å². The summed E-state index contributed by atoms with van der Waals surface area (Å²) in [5.74, 6) is 1.44. The molecule has 0 aromatic carbocycles. The van der Waals surface area contributed by atoms with E-state index in [0.717, 1.165) is 31.1 Å².